The summed E-state index contributed by atoms with van der Waals surface area (Å²) in [6.07, 6.45) is 1.78. The number of piperazine rings is 1. The summed E-state index contributed by atoms with van der Waals surface area (Å²) >= 11 is 0. The summed E-state index contributed by atoms with van der Waals surface area (Å²) in [7, 11) is 0. The molecule has 0 aliphatic carbocycles. The molecule has 1 saturated heterocycles. The first-order valence-corrected chi connectivity index (χ1v) is 7.97. The van der Waals surface area contributed by atoms with E-state index in [-0.39, 0.29) is 0 Å². The van der Waals surface area contributed by atoms with Crippen LogP contribution in [0.3, 0.4) is 0 Å². The minimum absolute atomic E-state index is 0.415. The van der Waals surface area contributed by atoms with Crippen molar-refractivity contribution in [2.45, 2.75) is 13.5 Å². The molecular formula is C18H23N5. The van der Waals surface area contributed by atoms with Crippen LogP contribution in [-0.4, -0.2) is 41.8 Å². The first-order chi connectivity index (χ1) is 11.1. The largest absolute Gasteiger partial charge is 0.383 e. The predicted molar refractivity (Wildman–Crippen MR) is 94.7 cm³/mol. The van der Waals surface area contributed by atoms with Gasteiger partial charge in [0.2, 0.25) is 0 Å². The Bertz CT molecular complexity index is 704. The van der Waals surface area contributed by atoms with E-state index in [9.17, 15) is 0 Å². The molecule has 1 aliphatic rings. The molecule has 3 rings (SSSR count). The number of hydrogen-bond acceptors (Lipinski definition) is 5. The van der Waals surface area contributed by atoms with Crippen molar-refractivity contribution in [3.8, 4) is 11.1 Å². The highest BCUT2D eigenvalue weighted by Gasteiger charge is 2.11. The number of nitrogen functional groups attached to an aromatic ring is 1. The summed E-state index contributed by atoms with van der Waals surface area (Å²) < 4.78 is 0. The first-order valence-electron chi connectivity index (χ1n) is 7.97. The van der Waals surface area contributed by atoms with E-state index < -0.39 is 0 Å². The van der Waals surface area contributed by atoms with E-state index in [1.807, 2.05) is 6.07 Å². The van der Waals surface area contributed by atoms with Crippen LogP contribution >= 0.6 is 0 Å². The average Bonchev–Trinajstić information content (AvgIpc) is 2.56. The molecule has 0 radical (unpaired) electrons. The molecule has 4 N–H and O–H groups in total. The topological polar surface area (TPSA) is 78.0 Å². The van der Waals surface area contributed by atoms with Crippen LogP contribution in [0, 0.1) is 5.41 Å². The standard InChI is InChI=1S/C18H23N5/c1-13(19)17-10-16(11-22-18(17)20)15-4-2-3-14(9-15)12-23-7-5-21-6-8-23/h2-4,9-11,19,21H,5-8,12H2,1H3,(H2,20,22). The van der Waals surface area contributed by atoms with Crippen LogP contribution < -0.4 is 11.1 Å². The zero-order valence-corrected chi connectivity index (χ0v) is 13.5. The summed E-state index contributed by atoms with van der Waals surface area (Å²) in [4.78, 5) is 6.70. The van der Waals surface area contributed by atoms with E-state index in [2.05, 4.69) is 39.5 Å². The molecule has 0 amide bonds. The van der Waals surface area contributed by atoms with Crippen LogP contribution in [0.15, 0.2) is 36.5 Å². The SMILES string of the molecule is CC(=N)c1cc(-c2cccc(CN3CCNCC3)c2)cnc1N. The second-order valence-corrected chi connectivity index (χ2v) is 6.01. The van der Waals surface area contributed by atoms with Crippen LogP contribution in [0.2, 0.25) is 0 Å². The highest BCUT2D eigenvalue weighted by atomic mass is 15.2. The molecule has 0 unspecified atom stereocenters. The quantitative estimate of drug-likeness (QED) is 0.756. The minimum Gasteiger partial charge on any atom is -0.383 e. The minimum atomic E-state index is 0.415. The van der Waals surface area contributed by atoms with Gasteiger partial charge in [-0.1, -0.05) is 18.2 Å². The van der Waals surface area contributed by atoms with Gasteiger partial charge >= 0.3 is 0 Å². The van der Waals surface area contributed by atoms with E-state index in [0.29, 0.717) is 17.1 Å². The number of hydrogen-bond donors (Lipinski definition) is 3. The highest BCUT2D eigenvalue weighted by molar-refractivity contribution is 6.01. The van der Waals surface area contributed by atoms with Crippen LogP contribution in [-0.2, 0) is 6.54 Å². The van der Waals surface area contributed by atoms with Crippen molar-refractivity contribution < 1.29 is 0 Å². The van der Waals surface area contributed by atoms with E-state index in [1.165, 1.54) is 5.56 Å². The van der Waals surface area contributed by atoms with Gasteiger partial charge in [-0.05, 0) is 30.2 Å². The molecular weight excluding hydrogens is 286 g/mol. The smallest absolute Gasteiger partial charge is 0.132 e. The molecule has 1 aromatic carbocycles. The summed E-state index contributed by atoms with van der Waals surface area (Å²) in [6, 6.07) is 10.5. The van der Waals surface area contributed by atoms with E-state index in [0.717, 1.165) is 43.9 Å². The first kappa shape index (κ1) is 15.6. The Morgan fingerprint density at radius 2 is 2.04 bits per heavy atom. The Morgan fingerprint density at radius 1 is 1.26 bits per heavy atom. The van der Waals surface area contributed by atoms with Gasteiger partial charge in [0.1, 0.15) is 5.82 Å². The van der Waals surface area contributed by atoms with Crippen molar-refractivity contribution in [1.82, 2.24) is 15.2 Å². The monoisotopic (exact) mass is 309 g/mol. The van der Waals surface area contributed by atoms with Crippen molar-refractivity contribution in [2.24, 2.45) is 0 Å². The van der Waals surface area contributed by atoms with Gasteiger partial charge in [-0.2, -0.15) is 0 Å². The molecule has 1 aliphatic heterocycles. The second-order valence-electron chi connectivity index (χ2n) is 6.01. The number of rotatable bonds is 4. The molecule has 5 heteroatoms. The summed E-state index contributed by atoms with van der Waals surface area (Å²) in [5.74, 6) is 0.415. The third-order valence-corrected chi connectivity index (χ3v) is 4.20. The van der Waals surface area contributed by atoms with Gasteiger partial charge in [-0.15, -0.1) is 0 Å². The van der Waals surface area contributed by atoms with Gasteiger partial charge in [0.25, 0.3) is 0 Å². The molecule has 0 saturated carbocycles. The molecule has 5 nitrogen and oxygen atoms in total. The predicted octanol–water partition coefficient (Wildman–Crippen LogP) is 2.12. The maximum absolute atomic E-state index is 7.82. The fourth-order valence-electron chi connectivity index (χ4n) is 2.91. The fourth-order valence-corrected chi connectivity index (χ4v) is 2.91. The average molecular weight is 309 g/mol. The molecule has 0 spiro atoms. The zero-order chi connectivity index (χ0) is 16.2. The molecule has 1 aromatic heterocycles. The molecule has 2 aromatic rings. The third kappa shape index (κ3) is 3.75. The van der Waals surface area contributed by atoms with Crippen LogP contribution in [0.5, 0.6) is 0 Å². The molecule has 120 valence electrons. The summed E-state index contributed by atoms with van der Waals surface area (Å²) in [5, 5.41) is 11.2. The lowest BCUT2D eigenvalue weighted by atomic mass is 10.0. The Hall–Kier alpha value is -2.24. The second kappa shape index (κ2) is 6.89. The van der Waals surface area contributed by atoms with E-state index >= 15 is 0 Å². The van der Waals surface area contributed by atoms with Gasteiger partial charge in [-0.3, -0.25) is 4.90 Å². The summed E-state index contributed by atoms with van der Waals surface area (Å²) in [5.41, 5.74) is 10.4. The normalized spacial score (nSPS) is 15.5. The highest BCUT2D eigenvalue weighted by Crippen LogP contribution is 2.23. The maximum atomic E-state index is 7.82. The number of nitrogens with two attached hydrogens (primary N) is 1. The lowest BCUT2D eigenvalue weighted by Crippen LogP contribution is -2.42. The van der Waals surface area contributed by atoms with Crippen LogP contribution in [0.4, 0.5) is 5.82 Å². The Morgan fingerprint density at radius 3 is 2.78 bits per heavy atom. The summed E-state index contributed by atoms with van der Waals surface area (Å²) in [6.45, 7) is 7.00. The van der Waals surface area contributed by atoms with Gasteiger partial charge in [0.05, 0.1) is 0 Å². The van der Waals surface area contributed by atoms with Crippen molar-refractivity contribution in [3.63, 3.8) is 0 Å². The van der Waals surface area contributed by atoms with Crippen molar-refractivity contribution in [2.75, 3.05) is 31.9 Å². The molecule has 1 fully saturated rings. The fraction of sp³-hybridized carbons (Fsp3) is 0.333. The lowest BCUT2D eigenvalue weighted by molar-refractivity contribution is 0.233. The number of nitrogens with one attached hydrogen (secondary N) is 2. The molecule has 23 heavy (non-hydrogen) atoms. The number of aromatic nitrogens is 1. The van der Waals surface area contributed by atoms with Crippen molar-refractivity contribution >= 4 is 11.5 Å². The molecule has 0 bridgehead atoms. The number of anilines is 1. The van der Waals surface area contributed by atoms with Gasteiger partial charge in [0.15, 0.2) is 0 Å². The van der Waals surface area contributed by atoms with Gasteiger partial charge < -0.3 is 16.5 Å². The molecule has 2 heterocycles. The van der Waals surface area contributed by atoms with E-state index in [1.54, 1.807) is 13.1 Å². The lowest BCUT2D eigenvalue weighted by Gasteiger charge is -2.27. The van der Waals surface area contributed by atoms with Gasteiger partial charge in [-0.25, -0.2) is 4.98 Å². The number of benzene rings is 1. The van der Waals surface area contributed by atoms with Crippen molar-refractivity contribution in [3.05, 3.63) is 47.7 Å². The third-order valence-electron chi connectivity index (χ3n) is 4.20. The van der Waals surface area contributed by atoms with Crippen molar-refractivity contribution in [1.29, 1.82) is 5.41 Å². The molecule has 0 atom stereocenters. The Labute approximate surface area is 137 Å². The zero-order valence-electron chi connectivity index (χ0n) is 13.5. The number of pyridine rings is 1. The number of nitrogens with zero attached hydrogens (tertiary/aromatic N) is 2. The van der Waals surface area contributed by atoms with Crippen LogP contribution in [0.25, 0.3) is 11.1 Å². The van der Waals surface area contributed by atoms with E-state index in [4.69, 9.17) is 11.1 Å². The maximum Gasteiger partial charge on any atom is 0.132 e. The van der Waals surface area contributed by atoms with Gasteiger partial charge in [0, 0.05) is 55.8 Å². The Balaban J connectivity index is 1.84. The Kier molecular flexibility index (Phi) is 4.69. The van der Waals surface area contributed by atoms with Crippen LogP contribution in [0.1, 0.15) is 18.1 Å².